The van der Waals surface area contributed by atoms with Crippen molar-refractivity contribution in [3.8, 4) is 5.75 Å². The summed E-state index contributed by atoms with van der Waals surface area (Å²) in [5.74, 6) is 0.696. The van der Waals surface area contributed by atoms with Gasteiger partial charge < -0.3 is 9.84 Å². The zero-order valence-corrected chi connectivity index (χ0v) is 12.2. The van der Waals surface area contributed by atoms with Gasteiger partial charge in [-0.15, -0.1) is 0 Å². The molecule has 20 heavy (non-hydrogen) atoms. The quantitative estimate of drug-likeness (QED) is 0.889. The summed E-state index contributed by atoms with van der Waals surface area (Å²) < 4.78 is 17.3. The number of ether oxygens (including phenoxy) is 1. The SMILES string of the molecule is O=[S@](C[C@@H](O)COc1ccc(Cl)cc1)c1ccccn1. The van der Waals surface area contributed by atoms with E-state index in [2.05, 4.69) is 4.98 Å². The fraction of sp³-hybridized carbons (Fsp3) is 0.214. The second kappa shape index (κ2) is 7.38. The van der Waals surface area contributed by atoms with Crippen molar-refractivity contribution in [2.45, 2.75) is 11.1 Å². The van der Waals surface area contributed by atoms with Crippen LogP contribution < -0.4 is 4.74 Å². The molecule has 0 amide bonds. The molecule has 0 saturated carbocycles. The van der Waals surface area contributed by atoms with Crippen molar-refractivity contribution >= 4 is 22.4 Å². The third kappa shape index (κ3) is 4.59. The Morgan fingerprint density at radius 3 is 2.65 bits per heavy atom. The number of nitrogens with zero attached hydrogens (tertiary/aromatic N) is 1. The maximum absolute atomic E-state index is 11.9. The molecule has 0 aliphatic carbocycles. The first-order valence-electron chi connectivity index (χ1n) is 6.01. The van der Waals surface area contributed by atoms with Crippen LogP contribution in [-0.2, 0) is 10.8 Å². The van der Waals surface area contributed by atoms with Gasteiger partial charge >= 0.3 is 0 Å². The number of hydrogen-bond donors (Lipinski definition) is 1. The monoisotopic (exact) mass is 311 g/mol. The fourth-order valence-electron chi connectivity index (χ4n) is 1.51. The first kappa shape index (κ1) is 15.0. The Balaban J connectivity index is 1.82. The summed E-state index contributed by atoms with van der Waals surface area (Å²) >= 11 is 5.76. The molecule has 0 radical (unpaired) electrons. The predicted molar refractivity (Wildman–Crippen MR) is 78.5 cm³/mol. The molecular formula is C14H14ClNO3S. The number of aliphatic hydroxyl groups is 1. The summed E-state index contributed by atoms with van der Waals surface area (Å²) in [6.45, 7) is 0.0696. The standard InChI is InChI=1S/C14H14ClNO3S/c15-11-4-6-13(7-5-11)19-9-12(17)10-20(18)14-3-1-2-8-16-14/h1-8,12,17H,9-10H2/t12-,20+/m0/s1. The number of halogens is 1. The first-order valence-corrected chi connectivity index (χ1v) is 7.70. The Kier molecular flexibility index (Phi) is 5.52. The van der Waals surface area contributed by atoms with E-state index in [4.69, 9.17) is 16.3 Å². The van der Waals surface area contributed by atoms with E-state index in [0.717, 1.165) is 0 Å². The maximum Gasteiger partial charge on any atom is 0.127 e. The minimum absolute atomic E-state index is 0.0696. The van der Waals surface area contributed by atoms with Crippen molar-refractivity contribution in [2.75, 3.05) is 12.4 Å². The average molecular weight is 312 g/mol. The van der Waals surface area contributed by atoms with E-state index >= 15 is 0 Å². The molecule has 2 rings (SSSR count). The normalized spacial score (nSPS) is 13.7. The summed E-state index contributed by atoms with van der Waals surface area (Å²) in [7, 11) is -1.34. The van der Waals surface area contributed by atoms with Crippen molar-refractivity contribution in [2.24, 2.45) is 0 Å². The van der Waals surface area contributed by atoms with Gasteiger partial charge in [0.15, 0.2) is 0 Å². The fourth-order valence-corrected chi connectivity index (χ4v) is 2.66. The molecule has 6 heteroatoms. The smallest absolute Gasteiger partial charge is 0.127 e. The Labute approximate surface area is 124 Å². The molecule has 1 aromatic carbocycles. The maximum atomic E-state index is 11.9. The molecule has 1 aromatic heterocycles. The van der Waals surface area contributed by atoms with Crippen LogP contribution in [0.15, 0.2) is 53.7 Å². The van der Waals surface area contributed by atoms with Crippen molar-refractivity contribution in [1.29, 1.82) is 0 Å². The minimum atomic E-state index is -1.34. The van der Waals surface area contributed by atoms with Gasteiger partial charge in [0.25, 0.3) is 0 Å². The van der Waals surface area contributed by atoms with Crippen LogP contribution >= 0.6 is 11.6 Å². The number of rotatable bonds is 6. The van der Waals surface area contributed by atoms with Crippen LogP contribution in [0.5, 0.6) is 5.75 Å². The Bertz CT molecular complexity index is 562. The summed E-state index contributed by atoms with van der Waals surface area (Å²) in [5.41, 5.74) is 0. The van der Waals surface area contributed by atoms with Crippen LogP contribution in [0.1, 0.15) is 0 Å². The molecule has 106 valence electrons. The van der Waals surface area contributed by atoms with Crippen LogP contribution in [0.25, 0.3) is 0 Å². The molecule has 0 aliphatic heterocycles. The molecule has 0 bridgehead atoms. The number of benzene rings is 1. The highest BCUT2D eigenvalue weighted by atomic mass is 35.5. The summed E-state index contributed by atoms with van der Waals surface area (Å²) in [5, 5.41) is 10.9. The lowest BCUT2D eigenvalue weighted by Gasteiger charge is -2.12. The molecule has 0 saturated heterocycles. The minimum Gasteiger partial charge on any atom is -0.491 e. The summed E-state index contributed by atoms with van der Waals surface area (Å²) in [6, 6.07) is 12.0. The predicted octanol–water partition coefficient (Wildman–Crippen LogP) is 2.28. The van der Waals surface area contributed by atoms with Crippen molar-refractivity contribution in [3.05, 3.63) is 53.7 Å². The second-order valence-corrected chi connectivity index (χ2v) is 5.98. The molecule has 2 aromatic rings. The largest absolute Gasteiger partial charge is 0.491 e. The Morgan fingerprint density at radius 1 is 1.25 bits per heavy atom. The molecule has 1 N–H and O–H groups in total. The van der Waals surface area contributed by atoms with Gasteiger partial charge in [-0.1, -0.05) is 17.7 Å². The Hall–Kier alpha value is -1.43. The van der Waals surface area contributed by atoms with Gasteiger partial charge in [0.05, 0.1) is 22.7 Å². The summed E-state index contributed by atoms with van der Waals surface area (Å²) in [4.78, 5) is 3.99. The lowest BCUT2D eigenvalue weighted by molar-refractivity contribution is 0.125. The first-order chi connectivity index (χ1) is 9.65. The average Bonchev–Trinajstić information content (AvgIpc) is 2.47. The lowest BCUT2D eigenvalue weighted by Crippen LogP contribution is -2.24. The molecule has 1 heterocycles. The van der Waals surface area contributed by atoms with Crippen LogP contribution in [0.4, 0.5) is 0 Å². The van der Waals surface area contributed by atoms with Crippen LogP contribution in [0.2, 0.25) is 5.02 Å². The van der Waals surface area contributed by atoms with E-state index in [1.807, 2.05) is 0 Å². The lowest BCUT2D eigenvalue weighted by atomic mass is 10.3. The van der Waals surface area contributed by atoms with E-state index in [9.17, 15) is 9.32 Å². The molecule has 0 unspecified atom stereocenters. The molecule has 0 spiro atoms. The molecular weight excluding hydrogens is 298 g/mol. The number of aliphatic hydroxyl groups excluding tert-OH is 1. The highest BCUT2D eigenvalue weighted by Gasteiger charge is 2.13. The van der Waals surface area contributed by atoms with E-state index < -0.39 is 16.9 Å². The second-order valence-electron chi connectivity index (χ2n) is 4.10. The van der Waals surface area contributed by atoms with E-state index in [1.165, 1.54) is 0 Å². The van der Waals surface area contributed by atoms with Crippen molar-refractivity contribution < 1.29 is 14.1 Å². The van der Waals surface area contributed by atoms with Crippen LogP contribution in [0, 0.1) is 0 Å². The van der Waals surface area contributed by atoms with Gasteiger partial charge in [0, 0.05) is 11.2 Å². The van der Waals surface area contributed by atoms with Gasteiger partial charge in [0.2, 0.25) is 0 Å². The van der Waals surface area contributed by atoms with E-state index in [0.29, 0.717) is 15.8 Å². The third-order valence-electron chi connectivity index (χ3n) is 2.47. The Morgan fingerprint density at radius 2 is 2.00 bits per heavy atom. The van der Waals surface area contributed by atoms with Crippen molar-refractivity contribution in [3.63, 3.8) is 0 Å². The van der Waals surface area contributed by atoms with Crippen molar-refractivity contribution in [1.82, 2.24) is 4.98 Å². The van der Waals surface area contributed by atoms with Gasteiger partial charge in [-0.25, -0.2) is 4.98 Å². The number of pyridine rings is 1. The third-order valence-corrected chi connectivity index (χ3v) is 4.12. The highest BCUT2D eigenvalue weighted by molar-refractivity contribution is 7.85. The van der Waals surface area contributed by atoms with Crippen LogP contribution in [-0.4, -0.2) is 32.8 Å². The van der Waals surface area contributed by atoms with Crippen LogP contribution in [0.3, 0.4) is 0 Å². The number of aromatic nitrogens is 1. The molecule has 0 aliphatic rings. The summed E-state index contributed by atoms with van der Waals surface area (Å²) in [6.07, 6.45) is 0.748. The van der Waals surface area contributed by atoms with Gasteiger partial charge in [-0.2, -0.15) is 0 Å². The van der Waals surface area contributed by atoms with E-state index in [-0.39, 0.29) is 12.4 Å². The number of hydrogen-bond acceptors (Lipinski definition) is 4. The zero-order valence-electron chi connectivity index (χ0n) is 10.6. The highest BCUT2D eigenvalue weighted by Crippen LogP contribution is 2.15. The topological polar surface area (TPSA) is 59.4 Å². The van der Waals surface area contributed by atoms with Gasteiger partial charge in [0.1, 0.15) is 17.4 Å². The molecule has 4 nitrogen and oxygen atoms in total. The van der Waals surface area contributed by atoms with E-state index in [1.54, 1.807) is 48.7 Å². The van der Waals surface area contributed by atoms with Gasteiger partial charge in [-0.3, -0.25) is 4.21 Å². The molecule has 0 fully saturated rings. The van der Waals surface area contributed by atoms with Gasteiger partial charge in [-0.05, 0) is 36.4 Å². The molecule has 2 atom stereocenters. The zero-order chi connectivity index (χ0) is 14.4.